The number of esters is 1. The molecule has 0 aromatic rings. The van der Waals surface area contributed by atoms with Gasteiger partial charge < -0.3 is 4.74 Å². The van der Waals surface area contributed by atoms with E-state index in [9.17, 15) is 4.79 Å². The summed E-state index contributed by atoms with van der Waals surface area (Å²) in [7, 11) is 0. The van der Waals surface area contributed by atoms with Crippen LogP contribution in [0.5, 0.6) is 0 Å². The Bertz CT molecular complexity index is 421. The SMILES string of the molecule is CC1C=CC2=CCCC[C@@H]2C1CC[C@@H]1CCCC(=O)O1. The van der Waals surface area contributed by atoms with Crippen molar-refractivity contribution in [3.05, 3.63) is 23.8 Å². The highest BCUT2D eigenvalue weighted by Crippen LogP contribution is 2.42. The van der Waals surface area contributed by atoms with Gasteiger partial charge in [-0.3, -0.25) is 4.79 Å². The lowest BCUT2D eigenvalue weighted by molar-refractivity contribution is -0.154. The highest BCUT2D eigenvalue weighted by molar-refractivity contribution is 5.70. The van der Waals surface area contributed by atoms with Crippen LogP contribution in [0, 0.1) is 17.8 Å². The molecule has 0 radical (unpaired) electrons. The van der Waals surface area contributed by atoms with E-state index >= 15 is 0 Å². The number of carbonyl (C=O) groups is 1. The molecule has 1 heterocycles. The van der Waals surface area contributed by atoms with Crippen LogP contribution >= 0.6 is 0 Å². The average molecular weight is 274 g/mol. The van der Waals surface area contributed by atoms with Crippen molar-refractivity contribution in [2.45, 2.75) is 64.4 Å². The van der Waals surface area contributed by atoms with Crippen LogP contribution in [-0.2, 0) is 9.53 Å². The predicted octanol–water partition coefficient (Wildman–Crippen LogP) is 4.41. The largest absolute Gasteiger partial charge is 0.462 e. The number of ether oxygens (including phenoxy) is 1. The Morgan fingerprint density at radius 3 is 3.00 bits per heavy atom. The number of rotatable bonds is 3. The number of cyclic esters (lactones) is 1. The fourth-order valence-electron chi connectivity index (χ4n) is 4.17. The molecule has 3 rings (SSSR count). The minimum Gasteiger partial charge on any atom is -0.462 e. The quantitative estimate of drug-likeness (QED) is 0.712. The number of hydrogen-bond acceptors (Lipinski definition) is 2. The van der Waals surface area contributed by atoms with Crippen LogP contribution in [0.15, 0.2) is 23.8 Å². The minimum absolute atomic E-state index is 0.0103. The van der Waals surface area contributed by atoms with Crippen molar-refractivity contribution in [2.24, 2.45) is 17.8 Å². The van der Waals surface area contributed by atoms with Gasteiger partial charge in [-0.1, -0.05) is 25.2 Å². The van der Waals surface area contributed by atoms with Crippen LogP contribution in [0.1, 0.15) is 58.3 Å². The van der Waals surface area contributed by atoms with Gasteiger partial charge >= 0.3 is 5.97 Å². The molecule has 0 saturated carbocycles. The van der Waals surface area contributed by atoms with Crippen LogP contribution in [0.25, 0.3) is 0 Å². The molecule has 2 aliphatic carbocycles. The first-order valence-electron chi connectivity index (χ1n) is 8.32. The Hall–Kier alpha value is -1.05. The molecule has 2 nitrogen and oxygen atoms in total. The highest BCUT2D eigenvalue weighted by atomic mass is 16.5. The third-order valence-electron chi connectivity index (χ3n) is 5.34. The van der Waals surface area contributed by atoms with E-state index in [-0.39, 0.29) is 12.1 Å². The van der Waals surface area contributed by atoms with Crippen LogP contribution in [0.2, 0.25) is 0 Å². The topological polar surface area (TPSA) is 26.3 Å². The van der Waals surface area contributed by atoms with Crippen molar-refractivity contribution in [1.29, 1.82) is 0 Å². The smallest absolute Gasteiger partial charge is 0.306 e. The molecule has 0 aromatic heterocycles. The molecule has 20 heavy (non-hydrogen) atoms. The monoisotopic (exact) mass is 274 g/mol. The standard InChI is InChI=1S/C18H26O2/c1-13-9-10-14-5-2-3-7-17(14)16(13)12-11-15-6-4-8-18(19)20-15/h5,9-10,13,15-17H,2-4,6-8,11-12H2,1H3/t13?,15-,16?,17-/m0/s1. The zero-order chi connectivity index (χ0) is 13.9. The van der Waals surface area contributed by atoms with Crippen LogP contribution in [0.4, 0.5) is 0 Å². The summed E-state index contributed by atoms with van der Waals surface area (Å²) in [6, 6.07) is 0. The van der Waals surface area contributed by atoms with Crippen molar-refractivity contribution in [1.82, 2.24) is 0 Å². The summed E-state index contributed by atoms with van der Waals surface area (Å²) in [6.45, 7) is 2.35. The Balaban J connectivity index is 1.61. The summed E-state index contributed by atoms with van der Waals surface area (Å²) in [5.41, 5.74) is 1.57. The third kappa shape index (κ3) is 2.99. The third-order valence-corrected chi connectivity index (χ3v) is 5.34. The lowest BCUT2D eigenvalue weighted by Crippen LogP contribution is -2.30. The van der Waals surface area contributed by atoms with Gasteiger partial charge in [0.05, 0.1) is 0 Å². The zero-order valence-corrected chi connectivity index (χ0v) is 12.5. The Labute approximate surface area is 122 Å². The first kappa shape index (κ1) is 13.9. The maximum Gasteiger partial charge on any atom is 0.306 e. The van der Waals surface area contributed by atoms with Crippen molar-refractivity contribution < 1.29 is 9.53 Å². The molecule has 110 valence electrons. The van der Waals surface area contributed by atoms with Gasteiger partial charge in [0.2, 0.25) is 0 Å². The lowest BCUT2D eigenvalue weighted by Gasteiger charge is -2.38. The molecule has 0 amide bonds. The summed E-state index contributed by atoms with van der Waals surface area (Å²) < 4.78 is 5.48. The van der Waals surface area contributed by atoms with Gasteiger partial charge in [0.15, 0.2) is 0 Å². The van der Waals surface area contributed by atoms with E-state index < -0.39 is 0 Å². The van der Waals surface area contributed by atoms with Gasteiger partial charge in [-0.25, -0.2) is 0 Å². The minimum atomic E-state index is 0.0103. The number of carbonyl (C=O) groups excluding carboxylic acids is 1. The number of allylic oxidation sites excluding steroid dienone is 4. The second-order valence-electron chi connectivity index (χ2n) is 6.71. The molecule has 4 atom stereocenters. The van der Waals surface area contributed by atoms with E-state index in [2.05, 4.69) is 25.2 Å². The molecule has 0 bridgehead atoms. The first-order valence-corrected chi connectivity index (χ1v) is 8.32. The van der Waals surface area contributed by atoms with E-state index in [4.69, 9.17) is 4.74 Å². The first-order chi connectivity index (χ1) is 9.74. The predicted molar refractivity (Wildman–Crippen MR) is 80.2 cm³/mol. The van der Waals surface area contributed by atoms with E-state index in [1.54, 1.807) is 5.57 Å². The fraction of sp³-hybridized carbons (Fsp3) is 0.722. The molecule has 0 spiro atoms. The fourth-order valence-corrected chi connectivity index (χ4v) is 4.17. The molecule has 2 unspecified atom stereocenters. The van der Waals surface area contributed by atoms with Crippen LogP contribution < -0.4 is 0 Å². The summed E-state index contributed by atoms with van der Waals surface area (Å²) in [4.78, 5) is 11.4. The second-order valence-corrected chi connectivity index (χ2v) is 6.71. The van der Waals surface area contributed by atoms with E-state index in [1.165, 1.54) is 25.7 Å². The maximum atomic E-state index is 11.4. The maximum absolute atomic E-state index is 11.4. The molecule has 1 saturated heterocycles. The molecule has 3 aliphatic rings. The van der Waals surface area contributed by atoms with Crippen molar-refractivity contribution >= 4 is 5.97 Å². The summed E-state index contributed by atoms with van der Waals surface area (Å²) in [5, 5.41) is 0. The van der Waals surface area contributed by atoms with Gasteiger partial charge in [0.1, 0.15) is 6.10 Å². The van der Waals surface area contributed by atoms with E-state index in [0.717, 1.165) is 31.1 Å². The van der Waals surface area contributed by atoms with Crippen molar-refractivity contribution in [3.63, 3.8) is 0 Å². The Morgan fingerprint density at radius 1 is 1.25 bits per heavy atom. The van der Waals surface area contributed by atoms with E-state index in [1.807, 2.05) is 0 Å². The molecule has 1 fully saturated rings. The van der Waals surface area contributed by atoms with Crippen molar-refractivity contribution in [2.75, 3.05) is 0 Å². The van der Waals surface area contributed by atoms with Crippen molar-refractivity contribution in [3.8, 4) is 0 Å². The van der Waals surface area contributed by atoms with Crippen LogP contribution in [-0.4, -0.2) is 12.1 Å². The lowest BCUT2D eigenvalue weighted by atomic mass is 9.68. The summed E-state index contributed by atoms with van der Waals surface area (Å²) in [6.07, 6.45) is 16.2. The Morgan fingerprint density at radius 2 is 2.15 bits per heavy atom. The molecule has 0 aromatic carbocycles. The second kappa shape index (κ2) is 6.15. The number of hydrogen-bond donors (Lipinski definition) is 0. The molecule has 2 heteroatoms. The van der Waals surface area contributed by atoms with Crippen LogP contribution in [0.3, 0.4) is 0 Å². The van der Waals surface area contributed by atoms with Gasteiger partial charge in [0, 0.05) is 6.42 Å². The van der Waals surface area contributed by atoms with E-state index in [0.29, 0.717) is 12.3 Å². The van der Waals surface area contributed by atoms with Gasteiger partial charge in [-0.2, -0.15) is 0 Å². The van der Waals surface area contributed by atoms with Gasteiger partial charge in [-0.05, 0) is 68.3 Å². The summed E-state index contributed by atoms with van der Waals surface area (Å²) in [5.74, 6) is 2.17. The van der Waals surface area contributed by atoms with Gasteiger partial charge in [0.25, 0.3) is 0 Å². The molecular formula is C18H26O2. The van der Waals surface area contributed by atoms with Gasteiger partial charge in [-0.15, -0.1) is 0 Å². The molecule has 0 N–H and O–H groups in total. The zero-order valence-electron chi connectivity index (χ0n) is 12.5. The molecule has 1 aliphatic heterocycles. The summed E-state index contributed by atoms with van der Waals surface area (Å²) >= 11 is 0. The number of fused-ring (bicyclic) bond motifs is 1. The Kier molecular flexibility index (Phi) is 4.28. The molecular weight excluding hydrogens is 248 g/mol. The highest BCUT2D eigenvalue weighted by Gasteiger charge is 2.32. The normalized spacial score (nSPS) is 37.0. The average Bonchev–Trinajstić information content (AvgIpc) is 2.46.